The summed E-state index contributed by atoms with van der Waals surface area (Å²) < 4.78 is 44.3. The Bertz CT molecular complexity index is 662. The van der Waals surface area contributed by atoms with Crippen LogP contribution in [0.3, 0.4) is 0 Å². The summed E-state index contributed by atoms with van der Waals surface area (Å²) in [5.74, 6) is 0.610. The summed E-state index contributed by atoms with van der Waals surface area (Å²) in [4.78, 5) is 0. The lowest BCUT2D eigenvalue weighted by atomic mass is 10.0. The van der Waals surface area contributed by atoms with Gasteiger partial charge in [-0.15, -0.1) is 0 Å². The molecule has 2 aromatic rings. The number of fused-ring (bicyclic) bond motifs is 1. The summed E-state index contributed by atoms with van der Waals surface area (Å²) >= 11 is 0. The minimum Gasteiger partial charge on any atom is -0.496 e. The highest BCUT2D eigenvalue weighted by Gasteiger charge is 2.63. The lowest BCUT2D eigenvalue weighted by Crippen LogP contribution is -2.44. The number of hydrogen-bond donors (Lipinski definition) is 1. The van der Waals surface area contributed by atoms with E-state index in [1.807, 2.05) is 30.3 Å². The molecule has 0 aliphatic heterocycles. The molecule has 0 amide bonds. The van der Waals surface area contributed by atoms with Gasteiger partial charge in [0, 0.05) is 12.1 Å². The Morgan fingerprint density at radius 1 is 1.14 bits per heavy atom. The Hall–Kier alpha value is -1.75. The van der Waals surface area contributed by atoms with E-state index in [2.05, 4.69) is 5.32 Å². The molecule has 1 saturated carbocycles. The summed E-state index contributed by atoms with van der Waals surface area (Å²) in [6, 6.07) is 11.3. The fourth-order valence-corrected chi connectivity index (χ4v) is 2.63. The van der Waals surface area contributed by atoms with E-state index in [-0.39, 0.29) is 19.4 Å². The van der Waals surface area contributed by atoms with Crippen molar-refractivity contribution in [1.82, 2.24) is 5.32 Å². The Kier molecular flexibility index (Phi) is 3.32. The molecule has 5 heteroatoms. The lowest BCUT2D eigenvalue weighted by molar-refractivity contribution is -0.166. The fraction of sp³-hybridized carbons (Fsp3) is 0.375. The van der Waals surface area contributed by atoms with E-state index >= 15 is 0 Å². The molecule has 1 N–H and O–H groups in total. The smallest absolute Gasteiger partial charge is 0.406 e. The topological polar surface area (TPSA) is 21.3 Å². The molecule has 0 aromatic heterocycles. The maximum Gasteiger partial charge on any atom is 0.406 e. The Morgan fingerprint density at radius 2 is 1.86 bits per heavy atom. The molecule has 0 radical (unpaired) electrons. The van der Waals surface area contributed by atoms with Crippen LogP contribution >= 0.6 is 0 Å². The van der Waals surface area contributed by atoms with Crippen molar-refractivity contribution in [3.05, 3.63) is 42.0 Å². The number of methoxy groups -OCH3 is 1. The van der Waals surface area contributed by atoms with E-state index in [1.165, 1.54) is 7.11 Å². The normalized spacial score (nSPS) is 17.0. The highest BCUT2D eigenvalue weighted by Crippen LogP contribution is 2.49. The highest BCUT2D eigenvalue weighted by atomic mass is 19.4. The number of benzene rings is 2. The number of rotatable bonds is 4. The van der Waals surface area contributed by atoms with Crippen molar-refractivity contribution >= 4 is 10.8 Å². The third-order valence-electron chi connectivity index (χ3n) is 4.11. The van der Waals surface area contributed by atoms with Crippen LogP contribution < -0.4 is 10.1 Å². The van der Waals surface area contributed by atoms with Crippen molar-refractivity contribution in [3.8, 4) is 5.75 Å². The van der Waals surface area contributed by atoms with Crippen LogP contribution in [-0.4, -0.2) is 18.8 Å². The Balaban J connectivity index is 1.93. The van der Waals surface area contributed by atoms with E-state index in [4.69, 9.17) is 4.74 Å². The molecule has 21 heavy (non-hydrogen) atoms. The number of alkyl halides is 3. The SMILES string of the molecule is COc1ccc2ccccc2c1CNC1(C(F)(F)F)CC1. The monoisotopic (exact) mass is 295 g/mol. The summed E-state index contributed by atoms with van der Waals surface area (Å²) in [5, 5.41) is 4.60. The first-order chi connectivity index (χ1) is 9.97. The molecule has 1 aliphatic rings. The van der Waals surface area contributed by atoms with Crippen molar-refractivity contribution in [2.75, 3.05) is 7.11 Å². The van der Waals surface area contributed by atoms with Crippen LogP contribution in [0.25, 0.3) is 10.8 Å². The standard InChI is InChI=1S/C16H16F3NO/c1-21-14-7-6-11-4-2-3-5-12(11)13(14)10-20-15(8-9-15)16(17,18)19/h2-7,20H,8-10H2,1H3. The molecular weight excluding hydrogens is 279 g/mol. The minimum atomic E-state index is -4.20. The van der Waals surface area contributed by atoms with Crippen LogP contribution in [0.4, 0.5) is 13.2 Å². The van der Waals surface area contributed by atoms with E-state index in [9.17, 15) is 13.2 Å². The number of halogens is 3. The molecule has 0 unspecified atom stereocenters. The first-order valence-corrected chi connectivity index (χ1v) is 6.83. The van der Waals surface area contributed by atoms with E-state index in [0.29, 0.717) is 5.75 Å². The Morgan fingerprint density at radius 3 is 2.48 bits per heavy atom. The van der Waals surface area contributed by atoms with Gasteiger partial charge in [-0.25, -0.2) is 0 Å². The average Bonchev–Trinajstić information content (AvgIpc) is 3.25. The molecular formula is C16H16F3NO. The van der Waals surface area contributed by atoms with Gasteiger partial charge in [-0.3, -0.25) is 5.32 Å². The van der Waals surface area contributed by atoms with E-state index < -0.39 is 11.7 Å². The zero-order valence-electron chi connectivity index (χ0n) is 11.6. The van der Waals surface area contributed by atoms with Gasteiger partial charge in [-0.1, -0.05) is 30.3 Å². The predicted octanol–water partition coefficient (Wildman–Crippen LogP) is 4.03. The second-order valence-corrected chi connectivity index (χ2v) is 5.40. The fourth-order valence-electron chi connectivity index (χ4n) is 2.63. The van der Waals surface area contributed by atoms with Crippen molar-refractivity contribution < 1.29 is 17.9 Å². The minimum absolute atomic E-state index is 0.142. The van der Waals surface area contributed by atoms with Gasteiger partial charge in [0.05, 0.1) is 7.11 Å². The van der Waals surface area contributed by atoms with Gasteiger partial charge >= 0.3 is 6.18 Å². The lowest BCUT2D eigenvalue weighted by Gasteiger charge is -2.22. The zero-order chi connectivity index (χ0) is 15.1. The van der Waals surface area contributed by atoms with Crippen LogP contribution in [0.5, 0.6) is 5.75 Å². The van der Waals surface area contributed by atoms with Crippen LogP contribution in [0.15, 0.2) is 36.4 Å². The van der Waals surface area contributed by atoms with Crippen LogP contribution in [0, 0.1) is 0 Å². The van der Waals surface area contributed by atoms with Crippen LogP contribution in [-0.2, 0) is 6.54 Å². The first-order valence-electron chi connectivity index (χ1n) is 6.83. The number of hydrogen-bond acceptors (Lipinski definition) is 2. The number of nitrogens with one attached hydrogen (secondary N) is 1. The molecule has 0 heterocycles. The summed E-state index contributed by atoms with van der Waals surface area (Å²) in [7, 11) is 1.53. The molecule has 112 valence electrons. The Labute approximate surface area is 120 Å². The van der Waals surface area contributed by atoms with Gasteiger partial charge in [0.1, 0.15) is 11.3 Å². The summed E-state index contributed by atoms with van der Waals surface area (Å²) in [5.41, 5.74) is -0.944. The third kappa shape index (κ3) is 2.46. The number of ether oxygens (including phenoxy) is 1. The molecule has 3 rings (SSSR count). The van der Waals surface area contributed by atoms with Gasteiger partial charge in [-0.05, 0) is 29.7 Å². The van der Waals surface area contributed by atoms with Gasteiger partial charge < -0.3 is 4.74 Å². The van der Waals surface area contributed by atoms with Crippen molar-refractivity contribution in [2.24, 2.45) is 0 Å². The molecule has 0 spiro atoms. The van der Waals surface area contributed by atoms with E-state index in [1.54, 1.807) is 6.07 Å². The van der Waals surface area contributed by atoms with Crippen LogP contribution in [0.1, 0.15) is 18.4 Å². The third-order valence-corrected chi connectivity index (χ3v) is 4.11. The van der Waals surface area contributed by atoms with Crippen molar-refractivity contribution in [1.29, 1.82) is 0 Å². The summed E-state index contributed by atoms with van der Waals surface area (Å²) in [6.45, 7) is 0.143. The molecule has 0 saturated heterocycles. The average molecular weight is 295 g/mol. The van der Waals surface area contributed by atoms with Crippen LogP contribution in [0.2, 0.25) is 0 Å². The maximum absolute atomic E-state index is 13.0. The quantitative estimate of drug-likeness (QED) is 0.919. The largest absolute Gasteiger partial charge is 0.496 e. The second kappa shape index (κ2) is 4.91. The maximum atomic E-state index is 13.0. The second-order valence-electron chi connectivity index (χ2n) is 5.40. The van der Waals surface area contributed by atoms with Crippen molar-refractivity contribution in [3.63, 3.8) is 0 Å². The predicted molar refractivity (Wildman–Crippen MR) is 75.4 cm³/mol. The van der Waals surface area contributed by atoms with Gasteiger partial charge in [0.15, 0.2) is 0 Å². The molecule has 1 fully saturated rings. The zero-order valence-corrected chi connectivity index (χ0v) is 11.6. The van der Waals surface area contributed by atoms with Gasteiger partial charge in [0.2, 0.25) is 0 Å². The first kappa shape index (κ1) is 14.2. The van der Waals surface area contributed by atoms with Crippen molar-refractivity contribution in [2.45, 2.75) is 31.1 Å². The van der Waals surface area contributed by atoms with Gasteiger partial charge in [0.25, 0.3) is 0 Å². The molecule has 0 atom stereocenters. The molecule has 1 aliphatic carbocycles. The summed E-state index contributed by atoms with van der Waals surface area (Å²) in [6.07, 6.45) is -3.92. The highest BCUT2D eigenvalue weighted by molar-refractivity contribution is 5.87. The molecule has 0 bridgehead atoms. The molecule has 2 aromatic carbocycles. The van der Waals surface area contributed by atoms with E-state index in [0.717, 1.165) is 16.3 Å². The molecule has 2 nitrogen and oxygen atoms in total. The van der Waals surface area contributed by atoms with Gasteiger partial charge in [-0.2, -0.15) is 13.2 Å².